The Hall–Kier alpha value is -0.610. The fourth-order valence-corrected chi connectivity index (χ4v) is 3.21. The van der Waals surface area contributed by atoms with Gasteiger partial charge in [-0.25, -0.2) is 0 Å². The Morgan fingerprint density at radius 1 is 1.16 bits per heavy atom. The van der Waals surface area contributed by atoms with Crippen molar-refractivity contribution in [3.05, 3.63) is 0 Å². The normalized spacial score (nSPS) is 23.4. The molecule has 1 saturated heterocycles. The molecule has 0 spiro atoms. The number of nitrogens with one attached hydrogen (secondary N) is 2. The Morgan fingerprint density at radius 3 is 2.53 bits per heavy atom. The molecule has 1 amide bonds. The summed E-state index contributed by atoms with van der Waals surface area (Å²) in [5, 5.41) is 6.50. The van der Waals surface area contributed by atoms with Gasteiger partial charge in [0.2, 0.25) is 5.91 Å². The second kappa shape index (κ2) is 7.85. The summed E-state index contributed by atoms with van der Waals surface area (Å²) in [4.78, 5) is 14.3. The standard InChI is InChI=1S/C15H29N3O/c1-13(12-18-9-5-6-10-18)16-11-15(19)17-14-7-3-2-4-8-14/h13-14,16H,2-12H2,1H3,(H,17,19). The first-order valence-electron chi connectivity index (χ1n) is 7.99. The van der Waals surface area contributed by atoms with Crippen LogP contribution in [0.15, 0.2) is 0 Å². The number of hydrogen-bond donors (Lipinski definition) is 2. The van der Waals surface area contributed by atoms with E-state index < -0.39 is 0 Å². The van der Waals surface area contributed by atoms with E-state index in [1.807, 2.05) is 0 Å². The van der Waals surface area contributed by atoms with E-state index in [2.05, 4.69) is 22.5 Å². The summed E-state index contributed by atoms with van der Waals surface area (Å²) in [6.45, 7) is 6.15. The number of likely N-dealkylation sites (tertiary alicyclic amines) is 1. The molecular weight excluding hydrogens is 238 g/mol. The summed E-state index contributed by atoms with van der Waals surface area (Å²) in [7, 11) is 0. The van der Waals surface area contributed by atoms with Crippen LogP contribution >= 0.6 is 0 Å². The van der Waals surface area contributed by atoms with Crippen LogP contribution in [0.25, 0.3) is 0 Å². The van der Waals surface area contributed by atoms with E-state index in [1.165, 1.54) is 45.2 Å². The van der Waals surface area contributed by atoms with Gasteiger partial charge in [-0.05, 0) is 45.7 Å². The van der Waals surface area contributed by atoms with E-state index in [-0.39, 0.29) is 5.91 Å². The molecule has 2 rings (SSSR count). The Balaban J connectivity index is 1.56. The lowest BCUT2D eigenvalue weighted by Crippen LogP contribution is -2.45. The molecule has 1 unspecified atom stereocenters. The van der Waals surface area contributed by atoms with E-state index in [0.29, 0.717) is 18.6 Å². The van der Waals surface area contributed by atoms with E-state index in [0.717, 1.165) is 19.4 Å². The van der Waals surface area contributed by atoms with Gasteiger partial charge in [-0.2, -0.15) is 0 Å². The number of carbonyl (C=O) groups is 1. The Labute approximate surface area is 117 Å². The molecule has 19 heavy (non-hydrogen) atoms. The van der Waals surface area contributed by atoms with Gasteiger partial charge in [-0.15, -0.1) is 0 Å². The van der Waals surface area contributed by atoms with E-state index in [4.69, 9.17) is 0 Å². The van der Waals surface area contributed by atoms with Gasteiger partial charge in [0, 0.05) is 18.6 Å². The predicted octanol–water partition coefficient (Wildman–Crippen LogP) is 1.51. The molecule has 1 saturated carbocycles. The lowest BCUT2D eigenvalue weighted by molar-refractivity contribution is -0.121. The second-order valence-electron chi connectivity index (χ2n) is 6.19. The minimum atomic E-state index is 0.167. The van der Waals surface area contributed by atoms with Crippen LogP contribution in [0, 0.1) is 0 Å². The van der Waals surface area contributed by atoms with Crippen molar-refractivity contribution in [2.45, 2.75) is 64.0 Å². The van der Waals surface area contributed by atoms with Crippen LogP contribution in [0.4, 0.5) is 0 Å². The molecule has 4 heteroatoms. The predicted molar refractivity (Wildman–Crippen MR) is 78.2 cm³/mol. The highest BCUT2D eigenvalue weighted by Gasteiger charge is 2.17. The summed E-state index contributed by atoms with van der Waals surface area (Å²) in [6, 6.07) is 0.826. The van der Waals surface area contributed by atoms with Gasteiger partial charge in [0.25, 0.3) is 0 Å². The molecule has 110 valence electrons. The van der Waals surface area contributed by atoms with Crippen LogP contribution in [0.1, 0.15) is 51.9 Å². The fourth-order valence-electron chi connectivity index (χ4n) is 3.21. The van der Waals surface area contributed by atoms with Crippen LogP contribution in [-0.2, 0) is 4.79 Å². The van der Waals surface area contributed by atoms with Gasteiger partial charge in [-0.3, -0.25) is 4.79 Å². The zero-order valence-electron chi connectivity index (χ0n) is 12.3. The largest absolute Gasteiger partial charge is 0.352 e. The van der Waals surface area contributed by atoms with Crippen LogP contribution in [0.3, 0.4) is 0 Å². The molecule has 0 aromatic rings. The van der Waals surface area contributed by atoms with Gasteiger partial charge >= 0.3 is 0 Å². The Morgan fingerprint density at radius 2 is 1.84 bits per heavy atom. The molecule has 2 fully saturated rings. The van der Waals surface area contributed by atoms with Crippen molar-refractivity contribution in [2.75, 3.05) is 26.2 Å². The molecule has 0 aromatic carbocycles. The van der Waals surface area contributed by atoms with Crippen molar-refractivity contribution >= 4 is 5.91 Å². The Kier molecular flexibility index (Phi) is 6.11. The summed E-state index contributed by atoms with van der Waals surface area (Å²) in [6.07, 6.45) is 8.85. The molecule has 2 aliphatic rings. The highest BCUT2D eigenvalue weighted by Crippen LogP contribution is 2.17. The third-order valence-corrected chi connectivity index (χ3v) is 4.31. The molecular formula is C15H29N3O. The smallest absolute Gasteiger partial charge is 0.234 e. The van der Waals surface area contributed by atoms with Gasteiger partial charge in [0.05, 0.1) is 6.54 Å². The topological polar surface area (TPSA) is 44.4 Å². The first kappa shape index (κ1) is 14.8. The van der Waals surface area contributed by atoms with Crippen molar-refractivity contribution < 1.29 is 4.79 Å². The molecule has 2 N–H and O–H groups in total. The molecule has 1 atom stereocenters. The lowest BCUT2D eigenvalue weighted by Gasteiger charge is -2.24. The van der Waals surface area contributed by atoms with Crippen LogP contribution in [-0.4, -0.2) is 49.1 Å². The summed E-state index contributed by atoms with van der Waals surface area (Å²) in [5.74, 6) is 0.167. The minimum absolute atomic E-state index is 0.167. The van der Waals surface area contributed by atoms with Gasteiger partial charge in [0.1, 0.15) is 0 Å². The van der Waals surface area contributed by atoms with Crippen LogP contribution < -0.4 is 10.6 Å². The van der Waals surface area contributed by atoms with Crippen molar-refractivity contribution in [3.8, 4) is 0 Å². The number of amides is 1. The maximum atomic E-state index is 11.9. The summed E-state index contributed by atoms with van der Waals surface area (Å²) >= 11 is 0. The quantitative estimate of drug-likeness (QED) is 0.767. The number of nitrogens with zero attached hydrogens (tertiary/aromatic N) is 1. The number of rotatable bonds is 6. The highest BCUT2D eigenvalue weighted by molar-refractivity contribution is 5.78. The number of hydrogen-bond acceptors (Lipinski definition) is 3. The monoisotopic (exact) mass is 267 g/mol. The summed E-state index contributed by atoms with van der Waals surface area (Å²) < 4.78 is 0. The highest BCUT2D eigenvalue weighted by atomic mass is 16.1. The van der Waals surface area contributed by atoms with E-state index in [9.17, 15) is 4.79 Å². The first-order valence-corrected chi connectivity index (χ1v) is 7.99. The molecule has 1 aliphatic carbocycles. The maximum Gasteiger partial charge on any atom is 0.234 e. The zero-order chi connectivity index (χ0) is 13.5. The molecule has 0 bridgehead atoms. The SMILES string of the molecule is CC(CN1CCCC1)NCC(=O)NC1CCCCC1. The van der Waals surface area contributed by atoms with E-state index in [1.54, 1.807) is 0 Å². The van der Waals surface area contributed by atoms with Crippen molar-refractivity contribution in [1.82, 2.24) is 15.5 Å². The Bertz CT molecular complexity index is 271. The van der Waals surface area contributed by atoms with Gasteiger partial charge in [0.15, 0.2) is 0 Å². The van der Waals surface area contributed by atoms with Crippen LogP contribution in [0.2, 0.25) is 0 Å². The first-order chi connectivity index (χ1) is 9.24. The van der Waals surface area contributed by atoms with Crippen molar-refractivity contribution in [2.24, 2.45) is 0 Å². The molecule has 0 radical (unpaired) electrons. The van der Waals surface area contributed by atoms with E-state index >= 15 is 0 Å². The summed E-state index contributed by atoms with van der Waals surface area (Å²) in [5.41, 5.74) is 0. The lowest BCUT2D eigenvalue weighted by atomic mass is 9.95. The third kappa shape index (κ3) is 5.49. The van der Waals surface area contributed by atoms with Crippen LogP contribution in [0.5, 0.6) is 0 Å². The third-order valence-electron chi connectivity index (χ3n) is 4.31. The van der Waals surface area contributed by atoms with Crippen molar-refractivity contribution in [3.63, 3.8) is 0 Å². The average molecular weight is 267 g/mol. The molecule has 1 heterocycles. The molecule has 4 nitrogen and oxygen atoms in total. The minimum Gasteiger partial charge on any atom is -0.352 e. The van der Waals surface area contributed by atoms with Gasteiger partial charge in [-0.1, -0.05) is 19.3 Å². The van der Waals surface area contributed by atoms with Crippen molar-refractivity contribution in [1.29, 1.82) is 0 Å². The number of carbonyl (C=O) groups excluding carboxylic acids is 1. The maximum absolute atomic E-state index is 11.9. The second-order valence-corrected chi connectivity index (χ2v) is 6.19. The zero-order valence-corrected chi connectivity index (χ0v) is 12.3. The average Bonchev–Trinajstić information content (AvgIpc) is 2.90. The molecule has 0 aromatic heterocycles. The fraction of sp³-hybridized carbons (Fsp3) is 0.933. The molecule has 1 aliphatic heterocycles. The van der Waals surface area contributed by atoms with Gasteiger partial charge < -0.3 is 15.5 Å².